The minimum Gasteiger partial charge on any atom is -0.324 e. The Balaban J connectivity index is 0.000000131. The molecular formula is C20H26N2. The van der Waals surface area contributed by atoms with Crippen LogP contribution < -0.4 is 11.5 Å². The zero-order valence-electron chi connectivity index (χ0n) is 14.0. The molecule has 2 aliphatic carbocycles. The van der Waals surface area contributed by atoms with Crippen LogP contribution in [0, 0.1) is 27.7 Å². The first kappa shape index (κ1) is 15.3. The van der Waals surface area contributed by atoms with Crippen molar-refractivity contribution < 1.29 is 0 Å². The first-order valence-corrected chi connectivity index (χ1v) is 8.08. The highest BCUT2D eigenvalue weighted by molar-refractivity contribution is 5.47. The molecule has 2 aliphatic rings. The number of rotatable bonds is 0. The molecule has 2 heteroatoms. The molecule has 4 N–H and O–H groups in total. The highest BCUT2D eigenvalue weighted by Crippen LogP contribution is 2.35. The SMILES string of the molecule is Cc1cc(C)c2c(c1)CC2N.Cc1cc(C)c2c(c1)CC2N. The van der Waals surface area contributed by atoms with E-state index in [1.54, 1.807) is 0 Å². The molecule has 2 atom stereocenters. The average molecular weight is 294 g/mol. The summed E-state index contributed by atoms with van der Waals surface area (Å²) in [6.45, 7) is 8.56. The molecule has 116 valence electrons. The van der Waals surface area contributed by atoms with E-state index in [2.05, 4.69) is 52.0 Å². The van der Waals surface area contributed by atoms with Crippen molar-refractivity contribution in [1.29, 1.82) is 0 Å². The van der Waals surface area contributed by atoms with E-state index in [9.17, 15) is 0 Å². The van der Waals surface area contributed by atoms with Crippen molar-refractivity contribution in [1.82, 2.24) is 0 Å². The molecule has 0 radical (unpaired) electrons. The third-order valence-electron chi connectivity index (χ3n) is 4.85. The van der Waals surface area contributed by atoms with Gasteiger partial charge in [-0.1, -0.05) is 35.4 Å². The fourth-order valence-electron chi connectivity index (χ4n) is 3.95. The molecule has 0 amide bonds. The van der Waals surface area contributed by atoms with Gasteiger partial charge in [0, 0.05) is 12.1 Å². The number of hydrogen-bond donors (Lipinski definition) is 2. The topological polar surface area (TPSA) is 52.0 Å². The second-order valence-electron chi connectivity index (χ2n) is 6.93. The second-order valence-corrected chi connectivity index (χ2v) is 6.93. The number of nitrogens with two attached hydrogens (primary N) is 2. The summed E-state index contributed by atoms with van der Waals surface area (Å²) in [5.41, 5.74) is 22.8. The zero-order valence-corrected chi connectivity index (χ0v) is 14.0. The summed E-state index contributed by atoms with van der Waals surface area (Å²) < 4.78 is 0. The van der Waals surface area contributed by atoms with Gasteiger partial charge < -0.3 is 11.5 Å². The van der Waals surface area contributed by atoms with Gasteiger partial charge in [-0.2, -0.15) is 0 Å². The van der Waals surface area contributed by atoms with Gasteiger partial charge in [0.1, 0.15) is 0 Å². The van der Waals surface area contributed by atoms with Gasteiger partial charge >= 0.3 is 0 Å². The Morgan fingerprint density at radius 2 is 1.05 bits per heavy atom. The first-order valence-electron chi connectivity index (χ1n) is 8.08. The lowest BCUT2D eigenvalue weighted by atomic mass is 9.80. The lowest BCUT2D eigenvalue weighted by Gasteiger charge is -2.29. The van der Waals surface area contributed by atoms with E-state index in [4.69, 9.17) is 11.5 Å². The van der Waals surface area contributed by atoms with Crippen LogP contribution in [-0.2, 0) is 12.8 Å². The summed E-state index contributed by atoms with van der Waals surface area (Å²) in [6, 6.07) is 9.52. The molecule has 2 nitrogen and oxygen atoms in total. The van der Waals surface area contributed by atoms with Crippen LogP contribution in [0.4, 0.5) is 0 Å². The number of aryl methyl sites for hydroxylation is 4. The van der Waals surface area contributed by atoms with Gasteiger partial charge in [-0.15, -0.1) is 0 Å². The van der Waals surface area contributed by atoms with Crippen molar-refractivity contribution in [3.8, 4) is 0 Å². The van der Waals surface area contributed by atoms with E-state index in [0.29, 0.717) is 12.1 Å². The highest BCUT2D eigenvalue weighted by Gasteiger charge is 2.24. The molecule has 2 aromatic carbocycles. The Labute approximate surface area is 133 Å². The lowest BCUT2D eigenvalue weighted by Crippen LogP contribution is -2.26. The summed E-state index contributed by atoms with van der Waals surface area (Å²) in [5.74, 6) is 0. The van der Waals surface area contributed by atoms with Crippen LogP contribution in [0.2, 0.25) is 0 Å². The Morgan fingerprint density at radius 1 is 0.682 bits per heavy atom. The smallest absolute Gasteiger partial charge is 0.0341 e. The predicted octanol–water partition coefficient (Wildman–Crippen LogP) is 3.72. The molecule has 22 heavy (non-hydrogen) atoms. The second kappa shape index (κ2) is 5.53. The molecule has 0 aliphatic heterocycles. The van der Waals surface area contributed by atoms with Crippen LogP contribution in [0.25, 0.3) is 0 Å². The maximum Gasteiger partial charge on any atom is 0.0341 e. The van der Waals surface area contributed by atoms with Crippen LogP contribution in [-0.4, -0.2) is 0 Å². The Morgan fingerprint density at radius 3 is 1.32 bits per heavy atom. The van der Waals surface area contributed by atoms with Crippen molar-refractivity contribution in [2.24, 2.45) is 11.5 Å². The summed E-state index contributed by atoms with van der Waals surface area (Å²) in [6.07, 6.45) is 2.13. The van der Waals surface area contributed by atoms with Crippen LogP contribution in [0.5, 0.6) is 0 Å². The molecule has 0 saturated carbocycles. The fraction of sp³-hybridized carbons (Fsp3) is 0.400. The summed E-state index contributed by atoms with van der Waals surface area (Å²) in [5, 5.41) is 0. The molecule has 0 saturated heterocycles. The van der Waals surface area contributed by atoms with Gasteiger partial charge in [-0.05, 0) is 73.9 Å². The van der Waals surface area contributed by atoms with Crippen molar-refractivity contribution >= 4 is 0 Å². The van der Waals surface area contributed by atoms with Gasteiger partial charge in [0.15, 0.2) is 0 Å². The fourth-order valence-corrected chi connectivity index (χ4v) is 3.95. The van der Waals surface area contributed by atoms with Gasteiger partial charge in [-0.3, -0.25) is 0 Å². The van der Waals surface area contributed by atoms with Crippen LogP contribution >= 0.6 is 0 Å². The maximum atomic E-state index is 5.84. The molecule has 4 rings (SSSR count). The van der Waals surface area contributed by atoms with Crippen LogP contribution in [0.15, 0.2) is 24.3 Å². The minimum absolute atomic E-state index is 0.311. The van der Waals surface area contributed by atoms with Gasteiger partial charge in [0.25, 0.3) is 0 Å². The minimum atomic E-state index is 0.311. The van der Waals surface area contributed by atoms with Gasteiger partial charge in [-0.25, -0.2) is 0 Å². The van der Waals surface area contributed by atoms with Gasteiger partial charge in [0.05, 0.1) is 0 Å². The lowest BCUT2D eigenvalue weighted by molar-refractivity contribution is 0.629. The predicted molar refractivity (Wildman–Crippen MR) is 93.1 cm³/mol. The molecule has 2 aromatic rings. The normalized spacial score (nSPS) is 20.8. The monoisotopic (exact) mass is 294 g/mol. The van der Waals surface area contributed by atoms with Crippen molar-refractivity contribution in [2.45, 2.75) is 52.6 Å². The zero-order chi connectivity index (χ0) is 16.0. The molecule has 0 spiro atoms. The molecule has 0 fully saturated rings. The number of benzene rings is 2. The largest absolute Gasteiger partial charge is 0.324 e. The van der Waals surface area contributed by atoms with Crippen LogP contribution in [0.1, 0.15) is 56.6 Å². The van der Waals surface area contributed by atoms with E-state index in [-0.39, 0.29) is 0 Å². The summed E-state index contributed by atoms with van der Waals surface area (Å²) in [4.78, 5) is 0. The van der Waals surface area contributed by atoms with E-state index in [0.717, 1.165) is 12.8 Å². The van der Waals surface area contributed by atoms with E-state index < -0.39 is 0 Å². The van der Waals surface area contributed by atoms with E-state index in [1.807, 2.05) is 0 Å². The highest BCUT2D eigenvalue weighted by atomic mass is 14.7. The Hall–Kier alpha value is -1.64. The van der Waals surface area contributed by atoms with E-state index in [1.165, 1.54) is 44.5 Å². The third-order valence-corrected chi connectivity index (χ3v) is 4.85. The van der Waals surface area contributed by atoms with Crippen molar-refractivity contribution in [3.05, 3.63) is 68.8 Å². The van der Waals surface area contributed by atoms with Crippen molar-refractivity contribution in [2.75, 3.05) is 0 Å². The average Bonchev–Trinajstić information content (AvgIpc) is 2.35. The molecule has 0 heterocycles. The number of hydrogen-bond acceptors (Lipinski definition) is 2. The summed E-state index contributed by atoms with van der Waals surface area (Å²) >= 11 is 0. The van der Waals surface area contributed by atoms with E-state index >= 15 is 0 Å². The standard InChI is InChI=1S/2C10H13N/c2*1-6-3-7(2)10-8(4-6)5-9(10)11/h2*3-4,9H,5,11H2,1-2H3. The molecule has 0 bridgehead atoms. The molecule has 0 aromatic heterocycles. The van der Waals surface area contributed by atoms with Gasteiger partial charge in [0.2, 0.25) is 0 Å². The molecular weight excluding hydrogens is 268 g/mol. The maximum absolute atomic E-state index is 5.84. The first-order chi connectivity index (χ1) is 10.4. The summed E-state index contributed by atoms with van der Waals surface area (Å²) in [7, 11) is 0. The molecule has 2 unspecified atom stereocenters. The Kier molecular flexibility index (Phi) is 3.84. The van der Waals surface area contributed by atoms with Crippen molar-refractivity contribution in [3.63, 3.8) is 0 Å². The van der Waals surface area contributed by atoms with Crippen LogP contribution in [0.3, 0.4) is 0 Å². The number of fused-ring (bicyclic) bond motifs is 2. The third kappa shape index (κ3) is 2.57. The Bertz CT molecular complexity index is 633. The quantitative estimate of drug-likeness (QED) is 0.778.